The third-order valence-electron chi connectivity index (χ3n) is 6.95. The molecular weight excluding hydrogens is 330 g/mol. The molecule has 1 fully saturated rings. The van der Waals surface area contributed by atoms with E-state index in [4.69, 9.17) is 0 Å². The molecule has 1 aliphatic carbocycles. The Morgan fingerprint density at radius 1 is 0.593 bits per heavy atom. The summed E-state index contributed by atoms with van der Waals surface area (Å²) in [7, 11) is 1.76. The van der Waals surface area contributed by atoms with E-state index in [-0.39, 0.29) is 5.54 Å². The Balaban J connectivity index is 1.82. The average Bonchev–Trinajstić information content (AvgIpc) is 2.68. The summed E-state index contributed by atoms with van der Waals surface area (Å²) in [6, 6.07) is 0. The average molecular weight is 381 g/mol. The van der Waals surface area contributed by atoms with Crippen LogP contribution in [0.4, 0.5) is 0 Å². The van der Waals surface area contributed by atoms with E-state index in [1.54, 1.807) is 7.05 Å². The third kappa shape index (κ3) is 12.2. The number of hydroxylamine groups is 2. The topological polar surface area (TPSA) is 26.3 Å². The van der Waals surface area contributed by atoms with Crippen molar-refractivity contribution in [2.75, 3.05) is 7.05 Å². The van der Waals surface area contributed by atoms with Crippen LogP contribution in [0.1, 0.15) is 148 Å². The molecule has 0 amide bonds. The van der Waals surface area contributed by atoms with Crippen LogP contribution in [0, 0.1) is 5.21 Å². The van der Waals surface area contributed by atoms with Gasteiger partial charge >= 0.3 is 0 Å². The summed E-state index contributed by atoms with van der Waals surface area (Å²) >= 11 is 0. The van der Waals surface area contributed by atoms with Crippen molar-refractivity contribution in [3.05, 3.63) is 5.21 Å². The largest absolute Gasteiger partial charge is 0.785 e. The molecule has 0 N–H and O–H groups in total. The molecule has 27 heavy (non-hydrogen) atoms. The van der Waals surface area contributed by atoms with Crippen molar-refractivity contribution < 1.29 is 0 Å². The first-order valence-corrected chi connectivity index (χ1v) is 12.6. The molecule has 0 unspecified atom stereocenters. The Kier molecular flexibility index (Phi) is 15.6. The van der Waals surface area contributed by atoms with E-state index >= 15 is 0 Å². The fourth-order valence-corrected chi connectivity index (χ4v) is 4.93. The van der Waals surface area contributed by atoms with Crippen molar-refractivity contribution in [1.29, 1.82) is 0 Å². The summed E-state index contributed by atoms with van der Waals surface area (Å²) in [5.74, 6) is 0. The van der Waals surface area contributed by atoms with Gasteiger partial charge in [-0.3, -0.25) is 0 Å². The Morgan fingerprint density at radius 2 is 0.963 bits per heavy atom. The summed E-state index contributed by atoms with van der Waals surface area (Å²) in [6.45, 7) is 2.29. The normalized spacial score (nSPS) is 16.9. The van der Waals surface area contributed by atoms with Crippen LogP contribution in [0.3, 0.4) is 0 Å². The molecule has 0 aromatic carbocycles. The van der Waals surface area contributed by atoms with E-state index in [9.17, 15) is 5.21 Å². The van der Waals surface area contributed by atoms with Gasteiger partial charge in [-0.05, 0) is 26.3 Å². The Hall–Kier alpha value is -0.0800. The van der Waals surface area contributed by atoms with E-state index in [1.807, 2.05) is 0 Å². The zero-order valence-corrected chi connectivity index (χ0v) is 18.9. The highest BCUT2D eigenvalue weighted by Gasteiger charge is 2.30. The summed E-state index contributed by atoms with van der Waals surface area (Å²) in [5, 5.41) is 13.3. The van der Waals surface area contributed by atoms with E-state index in [0.717, 1.165) is 19.3 Å². The highest BCUT2D eigenvalue weighted by molar-refractivity contribution is 4.92. The smallest absolute Gasteiger partial charge is 0.00884 e. The Morgan fingerprint density at radius 3 is 1.33 bits per heavy atom. The van der Waals surface area contributed by atoms with Crippen LogP contribution >= 0.6 is 0 Å². The second kappa shape index (κ2) is 16.8. The first kappa shape index (κ1) is 25.0. The first-order chi connectivity index (χ1) is 13.2. The lowest BCUT2D eigenvalue weighted by Gasteiger charge is -2.49. The van der Waals surface area contributed by atoms with Crippen LogP contribution in [-0.2, 0) is 0 Å². The summed E-state index contributed by atoms with van der Waals surface area (Å²) in [6.07, 6.45) is 29.9. The van der Waals surface area contributed by atoms with Crippen molar-refractivity contribution in [3.63, 3.8) is 0 Å². The van der Waals surface area contributed by atoms with Gasteiger partial charge in [0.15, 0.2) is 0 Å². The molecule has 0 atom stereocenters. The zero-order valence-electron chi connectivity index (χ0n) is 18.9. The molecule has 0 bridgehead atoms. The highest BCUT2D eigenvalue weighted by Crippen LogP contribution is 2.36. The highest BCUT2D eigenvalue weighted by atomic mass is 16.5. The van der Waals surface area contributed by atoms with Gasteiger partial charge in [0.1, 0.15) is 0 Å². The van der Waals surface area contributed by atoms with Crippen molar-refractivity contribution in [3.8, 4) is 0 Å². The lowest BCUT2D eigenvalue weighted by atomic mass is 9.78. The van der Waals surface area contributed by atoms with Gasteiger partial charge in [0.2, 0.25) is 0 Å². The van der Waals surface area contributed by atoms with Gasteiger partial charge in [0.05, 0.1) is 0 Å². The SMILES string of the molecule is CCCCCCCCCCCCCCCCCCC1(N(C)[O-])CCCCC1. The number of nitrogens with zero attached hydrogens (tertiary/aromatic N) is 1. The van der Waals surface area contributed by atoms with Gasteiger partial charge in [-0.15, -0.1) is 0 Å². The number of rotatable bonds is 18. The molecule has 0 aromatic heterocycles. The molecular formula is C25H50NO-. The molecule has 0 aromatic rings. The molecule has 0 heterocycles. The minimum Gasteiger partial charge on any atom is -0.785 e. The van der Waals surface area contributed by atoms with Gasteiger partial charge in [0, 0.05) is 5.54 Å². The second-order valence-corrected chi connectivity index (χ2v) is 9.34. The summed E-state index contributed by atoms with van der Waals surface area (Å²) < 4.78 is 0. The van der Waals surface area contributed by atoms with Crippen molar-refractivity contribution in [2.45, 2.75) is 154 Å². The maximum Gasteiger partial charge on any atom is 0.00884 e. The minimum absolute atomic E-state index is 0.00570. The van der Waals surface area contributed by atoms with Crippen molar-refractivity contribution >= 4 is 0 Å². The molecule has 1 aliphatic rings. The zero-order chi connectivity index (χ0) is 19.6. The molecule has 2 nitrogen and oxygen atoms in total. The van der Waals surface area contributed by atoms with E-state index in [2.05, 4.69) is 6.92 Å². The Bertz CT molecular complexity index is 309. The fraction of sp³-hybridized carbons (Fsp3) is 1.00. The standard InChI is InChI=1S/C25H50NO/c1-3-4-5-6-7-8-9-10-11-12-13-14-15-16-17-19-22-25(26(2)27)23-20-18-21-24-25/h3-24H2,1-2H3/q-1. The molecule has 2 heteroatoms. The molecule has 0 spiro atoms. The molecule has 0 radical (unpaired) electrons. The van der Waals surface area contributed by atoms with Crippen LogP contribution in [-0.4, -0.2) is 17.6 Å². The van der Waals surface area contributed by atoms with Crippen molar-refractivity contribution in [2.24, 2.45) is 0 Å². The van der Waals surface area contributed by atoms with Crippen molar-refractivity contribution in [1.82, 2.24) is 5.06 Å². The van der Waals surface area contributed by atoms with Crippen LogP contribution in [0.2, 0.25) is 0 Å². The predicted octanol–water partition coefficient (Wildman–Crippen LogP) is 8.77. The maximum atomic E-state index is 12.0. The Labute approximate surface area is 171 Å². The predicted molar refractivity (Wildman–Crippen MR) is 121 cm³/mol. The summed E-state index contributed by atoms with van der Waals surface area (Å²) in [4.78, 5) is 0. The molecule has 0 saturated heterocycles. The first-order valence-electron chi connectivity index (χ1n) is 12.6. The molecule has 162 valence electrons. The van der Waals surface area contributed by atoms with E-state index in [0.29, 0.717) is 0 Å². The quantitative estimate of drug-likeness (QED) is 0.175. The van der Waals surface area contributed by atoms with E-state index in [1.165, 1.54) is 127 Å². The van der Waals surface area contributed by atoms with Gasteiger partial charge in [-0.2, -0.15) is 0 Å². The molecule has 1 saturated carbocycles. The lowest BCUT2D eigenvalue weighted by molar-refractivity contribution is 0.106. The van der Waals surface area contributed by atoms with Crippen LogP contribution < -0.4 is 0 Å². The number of hydrogen-bond donors (Lipinski definition) is 0. The molecule has 1 rings (SSSR count). The van der Waals surface area contributed by atoms with Gasteiger partial charge in [0.25, 0.3) is 0 Å². The van der Waals surface area contributed by atoms with Gasteiger partial charge in [-0.1, -0.05) is 129 Å². The second-order valence-electron chi connectivity index (χ2n) is 9.34. The van der Waals surface area contributed by atoms with Crippen LogP contribution in [0.15, 0.2) is 0 Å². The summed E-state index contributed by atoms with van der Waals surface area (Å²) in [5.41, 5.74) is -0.00570. The monoisotopic (exact) mass is 380 g/mol. The molecule has 0 aliphatic heterocycles. The van der Waals surface area contributed by atoms with E-state index < -0.39 is 0 Å². The number of hydrogen-bond acceptors (Lipinski definition) is 2. The third-order valence-corrected chi connectivity index (χ3v) is 6.95. The van der Waals surface area contributed by atoms with Gasteiger partial charge < -0.3 is 10.3 Å². The van der Waals surface area contributed by atoms with Crippen LogP contribution in [0.25, 0.3) is 0 Å². The number of unbranched alkanes of at least 4 members (excludes halogenated alkanes) is 15. The van der Waals surface area contributed by atoms with Gasteiger partial charge in [-0.25, -0.2) is 0 Å². The lowest BCUT2D eigenvalue weighted by Crippen LogP contribution is -2.44. The maximum absolute atomic E-state index is 12.0. The fourth-order valence-electron chi connectivity index (χ4n) is 4.93. The minimum atomic E-state index is -0.00570. The van der Waals surface area contributed by atoms with Crippen LogP contribution in [0.5, 0.6) is 0 Å².